The van der Waals surface area contributed by atoms with Crippen molar-refractivity contribution in [1.82, 2.24) is 14.5 Å². The summed E-state index contributed by atoms with van der Waals surface area (Å²) in [5, 5.41) is 0. The van der Waals surface area contributed by atoms with E-state index in [1.54, 1.807) is 4.57 Å². The Morgan fingerprint density at radius 2 is 2.05 bits per heavy atom. The van der Waals surface area contributed by atoms with Gasteiger partial charge in [0.25, 0.3) is 0 Å². The fourth-order valence-electron chi connectivity index (χ4n) is 2.00. The number of imidazole rings is 1. The Hall–Kier alpha value is -1.34. The molecule has 0 saturated carbocycles. The quantitative estimate of drug-likeness (QED) is 0.606. The van der Waals surface area contributed by atoms with E-state index in [1.165, 1.54) is 0 Å². The van der Waals surface area contributed by atoms with Crippen LogP contribution in [0.5, 0.6) is 0 Å². The van der Waals surface area contributed by atoms with Crippen LogP contribution in [-0.4, -0.2) is 39.8 Å². The van der Waals surface area contributed by atoms with Crippen LogP contribution in [0.2, 0.25) is 0 Å². The molecule has 0 saturated heterocycles. The van der Waals surface area contributed by atoms with Crippen LogP contribution >= 0.6 is 11.6 Å². The molecule has 0 atom stereocenters. The summed E-state index contributed by atoms with van der Waals surface area (Å²) in [6, 6.07) is 3.67. The van der Waals surface area contributed by atoms with Crippen molar-refractivity contribution >= 4 is 22.8 Å². The van der Waals surface area contributed by atoms with Gasteiger partial charge in [-0.2, -0.15) is 13.2 Å². The molecular formula is C13H15ClF3N3O. The third-order valence-corrected chi connectivity index (χ3v) is 3.04. The highest BCUT2D eigenvalue weighted by atomic mass is 35.5. The number of halogens is 4. The molecule has 8 heteroatoms. The summed E-state index contributed by atoms with van der Waals surface area (Å²) in [7, 11) is 0. The second-order valence-corrected chi connectivity index (χ2v) is 4.96. The molecule has 0 N–H and O–H groups in total. The summed E-state index contributed by atoms with van der Waals surface area (Å²) in [5.41, 5.74) is 2.17. The first-order valence-electron chi connectivity index (χ1n) is 6.44. The SMILES string of the molecule is Cc1ccc2nc(CCCl)n(CCOCC(F)(F)F)c2n1. The number of ether oxygens (including phenoxy) is 1. The van der Waals surface area contributed by atoms with Gasteiger partial charge in [0.05, 0.1) is 6.61 Å². The van der Waals surface area contributed by atoms with Gasteiger partial charge in [-0.15, -0.1) is 11.6 Å². The van der Waals surface area contributed by atoms with Gasteiger partial charge in [-0.25, -0.2) is 9.97 Å². The number of alkyl halides is 4. The number of rotatable bonds is 6. The predicted molar refractivity (Wildman–Crippen MR) is 73.6 cm³/mol. The van der Waals surface area contributed by atoms with Crippen molar-refractivity contribution in [2.45, 2.75) is 26.1 Å². The van der Waals surface area contributed by atoms with Crippen molar-refractivity contribution in [3.05, 3.63) is 23.7 Å². The van der Waals surface area contributed by atoms with Crippen LogP contribution in [0.3, 0.4) is 0 Å². The number of aryl methyl sites for hydroxylation is 2. The van der Waals surface area contributed by atoms with E-state index in [1.807, 2.05) is 19.1 Å². The highest BCUT2D eigenvalue weighted by Gasteiger charge is 2.27. The van der Waals surface area contributed by atoms with Gasteiger partial charge < -0.3 is 9.30 Å². The molecule has 2 aromatic rings. The van der Waals surface area contributed by atoms with Crippen LogP contribution in [0, 0.1) is 6.92 Å². The molecule has 0 aromatic carbocycles. The number of fused-ring (bicyclic) bond motifs is 1. The van der Waals surface area contributed by atoms with E-state index >= 15 is 0 Å². The number of aromatic nitrogens is 3. The van der Waals surface area contributed by atoms with Crippen molar-refractivity contribution in [2.24, 2.45) is 0 Å². The monoisotopic (exact) mass is 321 g/mol. The zero-order valence-corrected chi connectivity index (χ0v) is 12.2. The topological polar surface area (TPSA) is 39.9 Å². The van der Waals surface area contributed by atoms with Gasteiger partial charge in [-0.3, -0.25) is 0 Å². The standard InChI is InChI=1S/C13H15ClF3N3O/c1-9-2-3-10-12(18-9)20(11(19-10)4-5-14)6-7-21-8-13(15,16)17/h2-3H,4-8H2,1H3. The zero-order valence-electron chi connectivity index (χ0n) is 11.5. The Morgan fingerprint density at radius 1 is 1.29 bits per heavy atom. The minimum Gasteiger partial charge on any atom is -0.370 e. The van der Waals surface area contributed by atoms with Crippen LogP contribution in [0.25, 0.3) is 11.2 Å². The van der Waals surface area contributed by atoms with Crippen molar-refractivity contribution < 1.29 is 17.9 Å². The molecule has 0 bridgehead atoms. The largest absolute Gasteiger partial charge is 0.411 e. The predicted octanol–water partition coefficient (Wildman–Crippen LogP) is 3.10. The number of pyridine rings is 1. The molecule has 21 heavy (non-hydrogen) atoms. The number of hydrogen-bond donors (Lipinski definition) is 0. The van der Waals surface area contributed by atoms with Crippen LogP contribution in [-0.2, 0) is 17.7 Å². The molecule has 0 spiro atoms. The van der Waals surface area contributed by atoms with Crippen molar-refractivity contribution in [3.8, 4) is 0 Å². The van der Waals surface area contributed by atoms with Gasteiger partial charge in [0.2, 0.25) is 0 Å². The van der Waals surface area contributed by atoms with Crippen LogP contribution < -0.4 is 0 Å². The summed E-state index contributed by atoms with van der Waals surface area (Å²) in [6.45, 7) is 0.792. The Labute approximate surface area is 124 Å². The lowest BCUT2D eigenvalue weighted by atomic mass is 10.3. The molecule has 2 heterocycles. The first kappa shape index (κ1) is 16.0. The lowest BCUT2D eigenvalue weighted by Gasteiger charge is -2.10. The van der Waals surface area contributed by atoms with Crippen molar-refractivity contribution in [3.63, 3.8) is 0 Å². The molecule has 0 radical (unpaired) electrons. The normalized spacial score (nSPS) is 12.2. The lowest BCUT2D eigenvalue weighted by molar-refractivity contribution is -0.174. The second-order valence-electron chi connectivity index (χ2n) is 4.58. The number of nitrogens with zero attached hydrogens (tertiary/aromatic N) is 3. The Bertz CT molecular complexity index is 612. The van der Waals surface area contributed by atoms with Gasteiger partial charge >= 0.3 is 6.18 Å². The summed E-state index contributed by atoms with van der Waals surface area (Å²) < 4.78 is 42.6. The summed E-state index contributed by atoms with van der Waals surface area (Å²) in [4.78, 5) is 8.79. The molecular weight excluding hydrogens is 307 g/mol. The molecule has 0 aliphatic carbocycles. The van der Waals surface area contributed by atoms with Crippen LogP contribution in [0.15, 0.2) is 12.1 Å². The Morgan fingerprint density at radius 3 is 2.71 bits per heavy atom. The maximum Gasteiger partial charge on any atom is 0.411 e. The van der Waals surface area contributed by atoms with E-state index in [2.05, 4.69) is 14.7 Å². The molecule has 0 unspecified atom stereocenters. The molecule has 116 valence electrons. The molecule has 2 aromatic heterocycles. The zero-order chi connectivity index (χ0) is 15.5. The van der Waals surface area contributed by atoms with Gasteiger partial charge in [0.15, 0.2) is 5.65 Å². The minimum atomic E-state index is -4.31. The average Bonchev–Trinajstić information content (AvgIpc) is 2.71. The highest BCUT2D eigenvalue weighted by molar-refractivity contribution is 6.17. The van der Waals surface area contributed by atoms with E-state index in [4.69, 9.17) is 11.6 Å². The fraction of sp³-hybridized carbons (Fsp3) is 0.538. The van der Waals surface area contributed by atoms with Crippen molar-refractivity contribution in [1.29, 1.82) is 0 Å². The molecule has 0 fully saturated rings. The Balaban J connectivity index is 2.15. The molecule has 2 rings (SSSR count). The van der Waals surface area contributed by atoms with E-state index < -0.39 is 12.8 Å². The van der Waals surface area contributed by atoms with Crippen LogP contribution in [0.4, 0.5) is 13.2 Å². The maximum atomic E-state index is 12.1. The third kappa shape index (κ3) is 4.31. The Kier molecular flexibility index (Phi) is 5.05. The van der Waals surface area contributed by atoms with Gasteiger partial charge in [-0.1, -0.05) is 0 Å². The molecule has 0 aliphatic rings. The number of hydrogen-bond acceptors (Lipinski definition) is 3. The molecule has 0 aliphatic heterocycles. The van der Waals surface area contributed by atoms with Gasteiger partial charge in [0.1, 0.15) is 17.9 Å². The fourth-order valence-corrected chi connectivity index (χ4v) is 2.17. The van der Waals surface area contributed by atoms with E-state index in [0.29, 0.717) is 29.3 Å². The summed E-state index contributed by atoms with van der Waals surface area (Å²) in [5.74, 6) is 1.08. The third-order valence-electron chi connectivity index (χ3n) is 2.85. The second kappa shape index (κ2) is 6.62. The van der Waals surface area contributed by atoms with Gasteiger partial charge in [-0.05, 0) is 19.1 Å². The first-order valence-corrected chi connectivity index (χ1v) is 6.97. The average molecular weight is 322 g/mol. The minimum absolute atomic E-state index is 0.0596. The van der Waals surface area contributed by atoms with Gasteiger partial charge in [0, 0.05) is 24.5 Å². The first-order chi connectivity index (χ1) is 9.90. The van der Waals surface area contributed by atoms with Crippen molar-refractivity contribution in [2.75, 3.05) is 19.1 Å². The van der Waals surface area contributed by atoms with E-state index in [-0.39, 0.29) is 13.2 Å². The summed E-state index contributed by atoms with van der Waals surface area (Å²) in [6.07, 6.45) is -3.79. The molecule has 0 amide bonds. The van der Waals surface area contributed by atoms with E-state index in [9.17, 15) is 13.2 Å². The smallest absolute Gasteiger partial charge is 0.370 e. The maximum absolute atomic E-state index is 12.1. The summed E-state index contributed by atoms with van der Waals surface area (Å²) >= 11 is 5.73. The van der Waals surface area contributed by atoms with E-state index in [0.717, 1.165) is 5.69 Å². The highest BCUT2D eigenvalue weighted by Crippen LogP contribution is 2.17. The lowest BCUT2D eigenvalue weighted by Crippen LogP contribution is -2.19. The van der Waals surface area contributed by atoms with Crippen LogP contribution in [0.1, 0.15) is 11.5 Å². The molecule has 4 nitrogen and oxygen atoms in total.